The van der Waals surface area contributed by atoms with Gasteiger partial charge < -0.3 is 20.9 Å². The molecular formula is C16H23ClN8O. The average molecular weight is 379 g/mol. The molecule has 4 heterocycles. The van der Waals surface area contributed by atoms with Gasteiger partial charge in [0.1, 0.15) is 5.52 Å². The molecule has 140 valence electrons. The zero-order valence-corrected chi connectivity index (χ0v) is 15.4. The predicted molar refractivity (Wildman–Crippen MR) is 101 cm³/mol. The van der Waals surface area contributed by atoms with E-state index in [1.165, 1.54) is 0 Å². The molecule has 1 fully saturated rings. The van der Waals surface area contributed by atoms with Gasteiger partial charge in [-0.1, -0.05) is 0 Å². The first kappa shape index (κ1) is 18.6. The Morgan fingerprint density at radius 3 is 2.81 bits per heavy atom. The van der Waals surface area contributed by atoms with Crippen LogP contribution >= 0.6 is 12.4 Å². The van der Waals surface area contributed by atoms with Gasteiger partial charge in [0.2, 0.25) is 0 Å². The highest BCUT2D eigenvalue weighted by Gasteiger charge is 2.21. The molecule has 0 unspecified atom stereocenters. The van der Waals surface area contributed by atoms with Gasteiger partial charge in [-0.2, -0.15) is 0 Å². The Bertz CT molecular complexity index is 870. The molecule has 10 heteroatoms. The number of hydrogen-bond acceptors (Lipinski definition) is 8. The fourth-order valence-electron chi connectivity index (χ4n) is 3.41. The second-order valence-electron chi connectivity index (χ2n) is 6.25. The van der Waals surface area contributed by atoms with Crippen LogP contribution in [-0.4, -0.2) is 44.0 Å². The van der Waals surface area contributed by atoms with Crippen LogP contribution in [0.3, 0.4) is 0 Å². The van der Waals surface area contributed by atoms with Crippen LogP contribution in [0, 0.1) is 0 Å². The first-order valence-electron chi connectivity index (χ1n) is 8.63. The Hall–Kier alpha value is -2.23. The van der Waals surface area contributed by atoms with E-state index in [2.05, 4.69) is 42.4 Å². The molecule has 0 radical (unpaired) electrons. The number of imidazole rings is 1. The number of hydrogen-bond donors (Lipinski definition) is 3. The van der Waals surface area contributed by atoms with Crippen molar-refractivity contribution in [3.63, 3.8) is 0 Å². The van der Waals surface area contributed by atoms with Gasteiger partial charge in [0.15, 0.2) is 17.3 Å². The number of nitrogens with two attached hydrogens (primary N) is 1. The largest absolute Gasteiger partial charge is 0.379 e. The van der Waals surface area contributed by atoms with Crippen molar-refractivity contribution in [3.05, 3.63) is 18.0 Å². The zero-order chi connectivity index (χ0) is 17.2. The average Bonchev–Trinajstić information content (AvgIpc) is 3.23. The van der Waals surface area contributed by atoms with Gasteiger partial charge in [0.25, 0.3) is 0 Å². The Morgan fingerprint density at radius 2 is 2.12 bits per heavy atom. The highest BCUT2D eigenvalue weighted by molar-refractivity contribution is 5.85. The summed E-state index contributed by atoms with van der Waals surface area (Å²) in [7, 11) is 0. The topological polar surface area (TPSA) is 120 Å². The summed E-state index contributed by atoms with van der Waals surface area (Å²) in [4.78, 5) is 9.01. The van der Waals surface area contributed by atoms with Crippen LogP contribution in [0.25, 0.3) is 22.6 Å². The Morgan fingerprint density at radius 1 is 1.31 bits per heavy atom. The third-order valence-electron chi connectivity index (χ3n) is 4.69. The fraction of sp³-hybridized carbons (Fsp3) is 0.500. The smallest absolute Gasteiger partial charge is 0.199 e. The second kappa shape index (κ2) is 7.98. The number of pyridine rings is 1. The van der Waals surface area contributed by atoms with Gasteiger partial charge >= 0.3 is 0 Å². The van der Waals surface area contributed by atoms with Crippen LogP contribution in [0.4, 0.5) is 5.82 Å². The SMILES string of the molecule is CCn1c(-c2nonc2N)nc2cncc(CNC3CCNCC3)c21.Cl. The molecule has 1 saturated heterocycles. The molecular weight excluding hydrogens is 356 g/mol. The van der Waals surface area contributed by atoms with Crippen LogP contribution in [0.5, 0.6) is 0 Å². The van der Waals surface area contributed by atoms with E-state index in [0.717, 1.165) is 55.6 Å². The van der Waals surface area contributed by atoms with E-state index in [1.54, 1.807) is 6.20 Å². The Kier molecular flexibility index (Phi) is 5.70. The normalized spacial score (nSPS) is 15.3. The number of fused-ring (bicyclic) bond motifs is 1. The van der Waals surface area contributed by atoms with Gasteiger partial charge in [0.05, 0.1) is 11.7 Å². The molecule has 0 atom stereocenters. The van der Waals surface area contributed by atoms with Gasteiger partial charge in [-0.15, -0.1) is 12.4 Å². The number of aryl methyl sites for hydroxylation is 1. The molecule has 9 nitrogen and oxygen atoms in total. The lowest BCUT2D eigenvalue weighted by molar-refractivity contribution is 0.310. The highest BCUT2D eigenvalue weighted by atomic mass is 35.5. The van der Waals surface area contributed by atoms with E-state index in [4.69, 9.17) is 10.4 Å². The number of piperidine rings is 1. The van der Waals surface area contributed by atoms with Crippen LogP contribution in [-0.2, 0) is 13.1 Å². The molecule has 3 aromatic rings. The summed E-state index contributed by atoms with van der Waals surface area (Å²) >= 11 is 0. The molecule has 4 rings (SSSR count). The van der Waals surface area contributed by atoms with Crippen molar-refractivity contribution < 1.29 is 4.63 Å². The number of rotatable bonds is 5. The number of nitrogens with one attached hydrogen (secondary N) is 2. The van der Waals surface area contributed by atoms with Crippen molar-refractivity contribution in [2.45, 2.75) is 38.9 Å². The van der Waals surface area contributed by atoms with Crippen molar-refractivity contribution >= 4 is 29.3 Å². The van der Waals surface area contributed by atoms with Crippen molar-refractivity contribution in [2.75, 3.05) is 18.8 Å². The number of anilines is 1. The third-order valence-corrected chi connectivity index (χ3v) is 4.69. The lowest BCUT2D eigenvalue weighted by atomic mass is 10.1. The van der Waals surface area contributed by atoms with Gasteiger partial charge in [0, 0.05) is 30.9 Å². The highest BCUT2D eigenvalue weighted by Crippen LogP contribution is 2.28. The van der Waals surface area contributed by atoms with E-state index < -0.39 is 0 Å². The van der Waals surface area contributed by atoms with Gasteiger partial charge in [-0.05, 0) is 43.2 Å². The minimum absolute atomic E-state index is 0. The summed E-state index contributed by atoms with van der Waals surface area (Å²) in [5.74, 6) is 0.903. The van der Waals surface area contributed by atoms with E-state index in [1.807, 2.05) is 6.20 Å². The molecule has 0 amide bonds. The number of aromatic nitrogens is 5. The van der Waals surface area contributed by atoms with Crippen molar-refractivity contribution in [1.82, 2.24) is 35.5 Å². The van der Waals surface area contributed by atoms with E-state index >= 15 is 0 Å². The molecule has 26 heavy (non-hydrogen) atoms. The summed E-state index contributed by atoms with van der Waals surface area (Å²) in [6.07, 6.45) is 5.95. The second-order valence-corrected chi connectivity index (χ2v) is 6.25. The molecule has 0 saturated carbocycles. The lowest BCUT2D eigenvalue weighted by Gasteiger charge is -2.24. The van der Waals surface area contributed by atoms with Crippen LogP contribution < -0.4 is 16.4 Å². The number of nitrogens with zero attached hydrogens (tertiary/aromatic N) is 5. The molecule has 1 aliphatic heterocycles. The van der Waals surface area contributed by atoms with Crippen molar-refractivity contribution in [3.8, 4) is 11.5 Å². The monoisotopic (exact) mass is 378 g/mol. The summed E-state index contributed by atoms with van der Waals surface area (Å²) in [5, 5.41) is 14.6. The molecule has 4 N–H and O–H groups in total. The van der Waals surface area contributed by atoms with Crippen molar-refractivity contribution in [1.29, 1.82) is 0 Å². The molecule has 0 aliphatic carbocycles. The molecule has 1 aliphatic rings. The maximum Gasteiger partial charge on any atom is 0.199 e. The summed E-state index contributed by atoms with van der Waals surface area (Å²) in [6.45, 7) is 5.69. The number of halogens is 1. The minimum Gasteiger partial charge on any atom is -0.379 e. The summed E-state index contributed by atoms with van der Waals surface area (Å²) in [6, 6.07) is 0.532. The molecule has 0 aromatic carbocycles. The minimum atomic E-state index is 0. The lowest BCUT2D eigenvalue weighted by Crippen LogP contribution is -2.39. The van der Waals surface area contributed by atoms with E-state index in [-0.39, 0.29) is 18.2 Å². The molecule has 0 bridgehead atoms. The maximum absolute atomic E-state index is 5.86. The predicted octanol–water partition coefficient (Wildman–Crippen LogP) is 1.35. The van der Waals surface area contributed by atoms with Gasteiger partial charge in [-0.25, -0.2) is 9.61 Å². The molecule has 3 aromatic heterocycles. The van der Waals surface area contributed by atoms with E-state index in [9.17, 15) is 0 Å². The van der Waals surface area contributed by atoms with Crippen LogP contribution in [0.15, 0.2) is 17.0 Å². The Balaban J connectivity index is 0.00000196. The standard InChI is InChI=1S/C16H22N8O.ClH/c1-2-24-14-10(8-20-11-3-5-18-6-4-11)7-19-9-12(14)21-16(24)13-15(17)23-25-22-13;/h7,9,11,18,20H,2-6,8H2,1H3,(H2,17,23);1H. The first-order chi connectivity index (χ1) is 12.3. The molecule has 0 spiro atoms. The van der Waals surface area contributed by atoms with Crippen LogP contribution in [0.2, 0.25) is 0 Å². The quantitative estimate of drug-likeness (QED) is 0.608. The summed E-state index contributed by atoms with van der Waals surface area (Å²) in [5.41, 5.74) is 9.32. The maximum atomic E-state index is 5.86. The summed E-state index contributed by atoms with van der Waals surface area (Å²) < 4.78 is 6.83. The zero-order valence-electron chi connectivity index (χ0n) is 14.6. The Labute approximate surface area is 157 Å². The number of nitrogen functional groups attached to an aromatic ring is 1. The third kappa shape index (κ3) is 3.37. The van der Waals surface area contributed by atoms with Crippen molar-refractivity contribution in [2.24, 2.45) is 0 Å². The van der Waals surface area contributed by atoms with Crippen LogP contribution in [0.1, 0.15) is 25.3 Å². The van der Waals surface area contributed by atoms with E-state index in [0.29, 0.717) is 17.6 Å². The van der Waals surface area contributed by atoms with Gasteiger partial charge in [-0.3, -0.25) is 4.98 Å². The first-order valence-corrected chi connectivity index (χ1v) is 8.63. The fourth-order valence-corrected chi connectivity index (χ4v) is 3.41.